The molecule has 1 N–H and O–H groups in total. The third-order valence-corrected chi connectivity index (χ3v) is 1.95. The summed E-state index contributed by atoms with van der Waals surface area (Å²) in [7, 11) is 0. The summed E-state index contributed by atoms with van der Waals surface area (Å²) in [5, 5.41) is 11.5. The van der Waals surface area contributed by atoms with Crippen LogP contribution in [0.4, 0.5) is 4.39 Å². The molecule has 0 saturated heterocycles. The van der Waals surface area contributed by atoms with E-state index in [0.29, 0.717) is 0 Å². The Labute approximate surface area is 92.3 Å². The van der Waals surface area contributed by atoms with Gasteiger partial charge in [-0.1, -0.05) is 23.4 Å². The Morgan fingerprint density at radius 3 is 2.75 bits per heavy atom. The number of rotatable bonds is 4. The average Bonchev–Trinajstić information content (AvgIpc) is 2.28. The number of carbonyl (C=O) groups is 1. The summed E-state index contributed by atoms with van der Waals surface area (Å²) < 4.78 is 17.9. The zero-order valence-electron chi connectivity index (χ0n) is 8.81. The molecular weight excluding hydrogens is 213 g/mol. The van der Waals surface area contributed by atoms with E-state index in [9.17, 15) is 9.18 Å². The highest BCUT2D eigenvalue weighted by Gasteiger charge is 2.15. The van der Waals surface area contributed by atoms with Crippen LogP contribution in [0, 0.1) is 5.82 Å². The molecule has 0 bridgehead atoms. The molecule has 0 unspecified atom stereocenters. The fraction of sp³-hybridized carbons (Fsp3) is 0.273. The summed E-state index contributed by atoms with van der Waals surface area (Å²) in [5.41, 5.74) is 0.0651. The van der Waals surface area contributed by atoms with Crippen LogP contribution in [0.3, 0.4) is 0 Å². The minimum absolute atomic E-state index is 0.0952. The molecular formula is C11H12FNO3. The molecule has 4 nitrogen and oxygen atoms in total. The normalized spacial score (nSPS) is 11.2. The molecule has 0 amide bonds. The van der Waals surface area contributed by atoms with Gasteiger partial charge in [0.05, 0.1) is 6.61 Å². The highest BCUT2D eigenvalue weighted by Crippen LogP contribution is 2.08. The minimum Gasteiger partial charge on any atom is -0.461 e. The molecule has 0 radical (unpaired) electrons. The summed E-state index contributed by atoms with van der Waals surface area (Å²) in [6.45, 7) is 1.81. The van der Waals surface area contributed by atoms with Crippen molar-refractivity contribution in [2.45, 2.75) is 13.3 Å². The number of carbonyl (C=O) groups excluding carboxylic acids is 1. The zero-order valence-corrected chi connectivity index (χ0v) is 8.81. The van der Waals surface area contributed by atoms with Crippen molar-refractivity contribution >= 4 is 11.7 Å². The molecule has 0 aromatic heterocycles. The Morgan fingerprint density at radius 1 is 1.50 bits per heavy atom. The molecule has 5 heteroatoms. The third kappa shape index (κ3) is 3.05. The van der Waals surface area contributed by atoms with E-state index in [-0.39, 0.29) is 24.3 Å². The number of nitrogens with zero attached hydrogens (tertiary/aromatic N) is 1. The summed E-state index contributed by atoms with van der Waals surface area (Å²) >= 11 is 0. The SMILES string of the molecule is CCOC(=O)C(Cc1ccccc1F)=NO. The second kappa shape index (κ2) is 5.85. The fourth-order valence-corrected chi connectivity index (χ4v) is 1.18. The lowest BCUT2D eigenvalue weighted by molar-refractivity contribution is -0.135. The van der Waals surface area contributed by atoms with Gasteiger partial charge in [0.2, 0.25) is 0 Å². The van der Waals surface area contributed by atoms with Crippen LogP contribution in [-0.2, 0) is 16.0 Å². The van der Waals surface area contributed by atoms with Crippen molar-refractivity contribution in [2.24, 2.45) is 5.16 Å². The lowest BCUT2D eigenvalue weighted by Gasteiger charge is -2.04. The van der Waals surface area contributed by atoms with Crippen molar-refractivity contribution in [3.05, 3.63) is 35.6 Å². The fourth-order valence-electron chi connectivity index (χ4n) is 1.18. The van der Waals surface area contributed by atoms with Crippen LogP contribution >= 0.6 is 0 Å². The molecule has 0 saturated carbocycles. The zero-order chi connectivity index (χ0) is 12.0. The summed E-state index contributed by atoms with van der Waals surface area (Å²) in [5.74, 6) is -1.19. The van der Waals surface area contributed by atoms with Crippen LogP contribution in [0.1, 0.15) is 12.5 Å². The Bertz CT molecular complexity index is 404. The molecule has 1 aromatic rings. The molecule has 0 fully saturated rings. The lowest BCUT2D eigenvalue weighted by Crippen LogP contribution is -2.20. The molecule has 0 heterocycles. The van der Waals surface area contributed by atoms with E-state index in [0.717, 1.165) is 0 Å². The maximum atomic E-state index is 13.2. The minimum atomic E-state index is -0.742. The van der Waals surface area contributed by atoms with Gasteiger partial charge in [0.1, 0.15) is 5.82 Å². The van der Waals surface area contributed by atoms with Crippen LogP contribution in [0.15, 0.2) is 29.4 Å². The van der Waals surface area contributed by atoms with E-state index in [1.165, 1.54) is 12.1 Å². The molecule has 0 atom stereocenters. The van der Waals surface area contributed by atoms with Crippen LogP contribution in [0.5, 0.6) is 0 Å². The van der Waals surface area contributed by atoms with E-state index in [1.54, 1.807) is 19.1 Å². The van der Waals surface area contributed by atoms with Gasteiger partial charge in [-0.2, -0.15) is 0 Å². The van der Waals surface area contributed by atoms with Gasteiger partial charge in [0.25, 0.3) is 0 Å². The number of hydrogen-bond donors (Lipinski definition) is 1. The van der Waals surface area contributed by atoms with E-state index < -0.39 is 11.8 Å². The smallest absolute Gasteiger partial charge is 0.356 e. The van der Waals surface area contributed by atoms with Gasteiger partial charge in [-0.3, -0.25) is 0 Å². The third-order valence-electron chi connectivity index (χ3n) is 1.95. The van der Waals surface area contributed by atoms with Gasteiger partial charge in [-0.25, -0.2) is 9.18 Å². The van der Waals surface area contributed by atoms with Gasteiger partial charge >= 0.3 is 5.97 Å². The molecule has 1 rings (SSSR count). The van der Waals surface area contributed by atoms with E-state index in [1.807, 2.05) is 0 Å². The Hall–Kier alpha value is -1.91. The van der Waals surface area contributed by atoms with Crippen molar-refractivity contribution in [1.29, 1.82) is 0 Å². The molecule has 0 aliphatic heterocycles. The first-order chi connectivity index (χ1) is 7.69. The molecule has 0 spiro atoms. The summed E-state index contributed by atoms with van der Waals surface area (Å²) in [4.78, 5) is 11.3. The monoisotopic (exact) mass is 225 g/mol. The Balaban J connectivity index is 2.79. The van der Waals surface area contributed by atoms with Crippen LogP contribution in [-0.4, -0.2) is 23.5 Å². The molecule has 0 aliphatic carbocycles. The molecule has 0 aliphatic rings. The highest BCUT2D eigenvalue weighted by molar-refractivity contribution is 6.36. The van der Waals surface area contributed by atoms with Gasteiger partial charge < -0.3 is 9.94 Å². The number of halogens is 1. The second-order valence-electron chi connectivity index (χ2n) is 3.04. The van der Waals surface area contributed by atoms with E-state index >= 15 is 0 Å². The predicted octanol–water partition coefficient (Wildman–Crippen LogP) is 1.76. The summed E-state index contributed by atoms with van der Waals surface area (Å²) in [6.07, 6.45) is -0.0952. The number of esters is 1. The van der Waals surface area contributed by atoms with Gasteiger partial charge in [-0.15, -0.1) is 0 Å². The van der Waals surface area contributed by atoms with Gasteiger partial charge in [0.15, 0.2) is 5.71 Å². The van der Waals surface area contributed by atoms with Gasteiger partial charge in [0, 0.05) is 6.42 Å². The highest BCUT2D eigenvalue weighted by atomic mass is 19.1. The van der Waals surface area contributed by atoms with E-state index in [2.05, 4.69) is 9.89 Å². The Kier molecular flexibility index (Phi) is 4.44. The van der Waals surface area contributed by atoms with Gasteiger partial charge in [-0.05, 0) is 18.6 Å². The predicted molar refractivity (Wildman–Crippen MR) is 56.0 cm³/mol. The first-order valence-electron chi connectivity index (χ1n) is 4.80. The van der Waals surface area contributed by atoms with Crippen molar-refractivity contribution in [1.82, 2.24) is 0 Å². The van der Waals surface area contributed by atoms with Crippen molar-refractivity contribution in [2.75, 3.05) is 6.61 Å². The van der Waals surface area contributed by atoms with Crippen LogP contribution < -0.4 is 0 Å². The molecule has 1 aromatic carbocycles. The quantitative estimate of drug-likeness (QED) is 0.367. The standard InChI is InChI=1S/C11H12FNO3/c1-2-16-11(14)10(13-15)7-8-5-3-4-6-9(8)12/h3-6,15H,2,7H2,1H3. The van der Waals surface area contributed by atoms with Crippen molar-refractivity contribution < 1.29 is 19.1 Å². The van der Waals surface area contributed by atoms with Crippen LogP contribution in [0.25, 0.3) is 0 Å². The molecule has 86 valence electrons. The maximum absolute atomic E-state index is 13.2. The lowest BCUT2D eigenvalue weighted by atomic mass is 10.1. The average molecular weight is 225 g/mol. The van der Waals surface area contributed by atoms with Crippen molar-refractivity contribution in [3.8, 4) is 0 Å². The Morgan fingerprint density at radius 2 is 2.19 bits per heavy atom. The first-order valence-corrected chi connectivity index (χ1v) is 4.80. The number of benzene rings is 1. The maximum Gasteiger partial charge on any atom is 0.356 e. The summed E-state index contributed by atoms with van der Waals surface area (Å²) in [6, 6.07) is 5.97. The number of ether oxygens (including phenoxy) is 1. The first kappa shape index (κ1) is 12.2. The number of oxime groups is 1. The van der Waals surface area contributed by atoms with Crippen molar-refractivity contribution in [3.63, 3.8) is 0 Å². The topological polar surface area (TPSA) is 58.9 Å². The molecule has 16 heavy (non-hydrogen) atoms. The second-order valence-corrected chi connectivity index (χ2v) is 3.04. The van der Waals surface area contributed by atoms with E-state index in [4.69, 9.17) is 5.21 Å². The number of hydrogen-bond acceptors (Lipinski definition) is 4. The largest absolute Gasteiger partial charge is 0.461 e. The van der Waals surface area contributed by atoms with Crippen LogP contribution in [0.2, 0.25) is 0 Å².